The molecule has 0 amide bonds. The van der Waals surface area contributed by atoms with Gasteiger partial charge in [0.05, 0.1) is 17.7 Å². The second-order valence-corrected chi connectivity index (χ2v) is 4.27. The van der Waals surface area contributed by atoms with Gasteiger partial charge in [-0.1, -0.05) is 11.8 Å². The SMILES string of the molecule is N#Cc1ccnc(S/C=C/c2ccc([N+](=O)[O-])o2)c1. The molecule has 0 saturated heterocycles. The Hall–Kier alpha value is -2.59. The maximum Gasteiger partial charge on any atom is 0.433 e. The maximum atomic E-state index is 10.4. The van der Waals surface area contributed by atoms with E-state index in [4.69, 9.17) is 9.68 Å². The fourth-order valence-corrected chi connectivity index (χ4v) is 1.90. The van der Waals surface area contributed by atoms with Crippen molar-refractivity contribution in [2.75, 3.05) is 0 Å². The molecular formula is C12H7N3O3S. The van der Waals surface area contributed by atoms with Crippen molar-refractivity contribution in [1.82, 2.24) is 4.98 Å². The van der Waals surface area contributed by atoms with Gasteiger partial charge in [0.2, 0.25) is 0 Å². The Morgan fingerprint density at radius 1 is 1.47 bits per heavy atom. The summed E-state index contributed by atoms with van der Waals surface area (Å²) in [6.45, 7) is 0. The largest absolute Gasteiger partial charge is 0.433 e. The summed E-state index contributed by atoms with van der Waals surface area (Å²) in [6, 6.07) is 8.09. The first kappa shape index (κ1) is 12.9. The summed E-state index contributed by atoms with van der Waals surface area (Å²) in [7, 11) is 0. The third-order valence-corrected chi connectivity index (χ3v) is 2.81. The van der Waals surface area contributed by atoms with E-state index in [0.29, 0.717) is 16.3 Å². The average Bonchev–Trinajstić information content (AvgIpc) is 2.88. The summed E-state index contributed by atoms with van der Waals surface area (Å²) in [5.41, 5.74) is 0.527. The number of nitro groups is 1. The van der Waals surface area contributed by atoms with Crippen molar-refractivity contribution in [1.29, 1.82) is 5.26 Å². The molecule has 6 nitrogen and oxygen atoms in total. The van der Waals surface area contributed by atoms with E-state index in [-0.39, 0.29) is 5.88 Å². The van der Waals surface area contributed by atoms with E-state index in [2.05, 4.69) is 4.98 Å². The molecule has 0 atom stereocenters. The molecule has 2 aromatic heterocycles. The topological polar surface area (TPSA) is 93.0 Å². The molecule has 19 heavy (non-hydrogen) atoms. The maximum absolute atomic E-state index is 10.4. The van der Waals surface area contributed by atoms with Crippen LogP contribution in [0.25, 0.3) is 6.08 Å². The molecule has 0 spiro atoms. The zero-order valence-corrected chi connectivity index (χ0v) is 10.3. The number of rotatable bonds is 4. The smallest absolute Gasteiger partial charge is 0.401 e. The molecule has 0 aromatic carbocycles. The average molecular weight is 273 g/mol. The molecular weight excluding hydrogens is 266 g/mol. The van der Waals surface area contributed by atoms with Gasteiger partial charge in [-0.2, -0.15) is 5.26 Å². The Kier molecular flexibility index (Phi) is 3.95. The van der Waals surface area contributed by atoms with Crippen LogP contribution >= 0.6 is 11.8 Å². The van der Waals surface area contributed by atoms with Gasteiger partial charge >= 0.3 is 5.88 Å². The normalized spacial score (nSPS) is 10.5. The van der Waals surface area contributed by atoms with Crippen LogP contribution in [0, 0.1) is 21.4 Å². The van der Waals surface area contributed by atoms with Gasteiger partial charge in [-0.3, -0.25) is 10.1 Å². The highest BCUT2D eigenvalue weighted by atomic mass is 32.2. The summed E-state index contributed by atoms with van der Waals surface area (Å²) in [5, 5.41) is 21.5. The highest BCUT2D eigenvalue weighted by Gasteiger charge is 2.09. The van der Waals surface area contributed by atoms with Crippen molar-refractivity contribution in [2.45, 2.75) is 5.03 Å². The van der Waals surface area contributed by atoms with Crippen LogP contribution in [0.1, 0.15) is 11.3 Å². The van der Waals surface area contributed by atoms with Crippen molar-refractivity contribution in [2.24, 2.45) is 0 Å². The van der Waals surface area contributed by atoms with Crippen molar-refractivity contribution >= 4 is 23.7 Å². The fraction of sp³-hybridized carbons (Fsp3) is 0. The van der Waals surface area contributed by atoms with Crippen molar-refractivity contribution in [3.63, 3.8) is 0 Å². The van der Waals surface area contributed by atoms with Crippen molar-refractivity contribution in [3.8, 4) is 6.07 Å². The summed E-state index contributed by atoms with van der Waals surface area (Å²) >= 11 is 1.29. The Bertz CT molecular complexity index is 673. The second-order valence-electron chi connectivity index (χ2n) is 3.35. The quantitative estimate of drug-likeness (QED) is 0.482. The van der Waals surface area contributed by atoms with Gasteiger partial charge in [0.15, 0.2) is 0 Å². The molecule has 0 fully saturated rings. The fourth-order valence-electron chi connectivity index (χ4n) is 1.24. The predicted molar refractivity (Wildman–Crippen MR) is 69.2 cm³/mol. The van der Waals surface area contributed by atoms with E-state index in [1.54, 1.807) is 29.8 Å². The molecule has 0 bridgehead atoms. The van der Waals surface area contributed by atoms with E-state index in [0.717, 1.165) is 0 Å². The van der Waals surface area contributed by atoms with Crippen LogP contribution in [-0.2, 0) is 0 Å². The minimum absolute atomic E-state index is 0.297. The lowest BCUT2D eigenvalue weighted by Crippen LogP contribution is -1.82. The Morgan fingerprint density at radius 3 is 3.00 bits per heavy atom. The van der Waals surface area contributed by atoms with Crippen LogP contribution in [0.15, 0.2) is 45.3 Å². The molecule has 0 aliphatic heterocycles. The highest BCUT2D eigenvalue weighted by Crippen LogP contribution is 2.21. The van der Waals surface area contributed by atoms with E-state index in [9.17, 15) is 10.1 Å². The van der Waals surface area contributed by atoms with E-state index in [1.165, 1.54) is 23.9 Å². The molecule has 7 heteroatoms. The van der Waals surface area contributed by atoms with Gasteiger partial charge < -0.3 is 4.42 Å². The minimum Gasteiger partial charge on any atom is -0.401 e. The Balaban J connectivity index is 2.03. The van der Waals surface area contributed by atoms with E-state index < -0.39 is 4.92 Å². The summed E-state index contributed by atoms with van der Waals surface area (Å²) in [6.07, 6.45) is 3.14. The molecule has 2 aromatic rings. The predicted octanol–water partition coefficient (Wildman–Crippen LogP) is 3.22. The molecule has 2 rings (SSSR count). The molecule has 2 heterocycles. The van der Waals surface area contributed by atoms with Gasteiger partial charge in [0.25, 0.3) is 0 Å². The number of hydrogen-bond acceptors (Lipinski definition) is 6. The van der Waals surface area contributed by atoms with Crippen molar-refractivity contribution < 1.29 is 9.34 Å². The minimum atomic E-state index is -0.595. The van der Waals surface area contributed by atoms with Crippen LogP contribution in [-0.4, -0.2) is 9.91 Å². The standard InChI is InChI=1S/C12H7N3O3S/c13-8-9-3-5-14-11(7-9)19-6-4-10-1-2-12(18-10)15(16)17/h1-7H/b6-4+. The van der Waals surface area contributed by atoms with Crippen LogP contribution in [0.4, 0.5) is 5.88 Å². The first-order valence-electron chi connectivity index (χ1n) is 5.12. The van der Waals surface area contributed by atoms with E-state index in [1.807, 2.05) is 6.07 Å². The number of furan rings is 1. The monoisotopic (exact) mass is 273 g/mol. The third kappa shape index (κ3) is 3.43. The number of nitrogens with zero attached hydrogens (tertiary/aromatic N) is 3. The first-order valence-corrected chi connectivity index (χ1v) is 6.00. The number of pyridine rings is 1. The molecule has 94 valence electrons. The van der Waals surface area contributed by atoms with Gasteiger partial charge in [0, 0.05) is 6.20 Å². The molecule has 0 aliphatic carbocycles. The lowest BCUT2D eigenvalue weighted by atomic mass is 10.3. The zero-order valence-electron chi connectivity index (χ0n) is 9.52. The van der Waals surface area contributed by atoms with Gasteiger partial charge in [-0.05, 0) is 29.7 Å². The summed E-state index contributed by atoms with van der Waals surface area (Å²) in [5.74, 6) is 0.0879. The van der Waals surface area contributed by atoms with Crippen LogP contribution in [0.2, 0.25) is 0 Å². The third-order valence-electron chi connectivity index (χ3n) is 2.08. The number of thioether (sulfide) groups is 1. The zero-order chi connectivity index (χ0) is 13.7. The van der Waals surface area contributed by atoms with Crippen LogP contribution < -0.4 is 0 Å². The number of hydrogen-bond donors (Lipinski definition) is 0. The molecule has 0 aliphatic rings. The summed E-state index contributed by atoms with van der Waals surface area (Å²) < 4.78 is 4.96. The van der Waals surface area contributed by atoms with Crippen LogP contribution in [0.5, 0.6) is 0 Å². The number of nitriles is 1. The second kappa shape index (κ2) is 5.84. The molecule has 0 unspecified atom stereocenters. The number of aromatic nitrogens is 1. The summed E-state index contributed by atoms with van der Waals surface area (Å²) in [4.78, 5) is 13.9. The molecule has 0 radical (unpaired) electrons. The van der Waals surface area contributed by atoms with Gasteiger partial charge in [0.1, 0.15) is 15.7 Å². The molecule has 0 saturated carbocycles. The highest BCUT2D eigenvalue weighted by molar-refractivity contribution is 8.02. The Labute approximate surface area is 112 Å². The van der Waals surface area contributed by atoms with Crippen molar-refractivity contribution in [3.05, 3.63) is 57.3 Å². The lowest BCUT2D eigenvalue weighted by Gasteiger charge is -1.94. The Morgan fingerprint density at radius 2 is 2.32 bits per heavy atom. The molecule has 0 N–H and O–H groups in total. The van der Waals surface area contributed by atoms with E-state index >= 15 is 0 Å². The van der Waals surface area contributed by atoms with Gasteiger partial charge in [-0.25, -0.2) is 4.98 Å². The van der Waals surface area contributed by atoms with Crippen LogP contribution in [0.3, 0.4) is 0 Å². The van der Waals surface area contributed by atoms with Gasteiger partial charge in [-0.15, -0.1) is 0 Å². The lowest BCUT2D eigenvalue weighted by molar-refractivity contribution is -0.402. The first-order chi connectivity index (χ1) is 9.19.